The van der Waals surface area contributed by atoms with Gasteiger partial charge in [-0.15, -0.1) is 0 Å². The van der Waals surface area contributed by atoms with Crippen molar-refractivity contribution in [3.63, 3.8) is 0 Å². The van der Waals surface area contributed by atoms with E-state index >= 15 is 0 Å². The van der Waals surface area contributed by atoms with Crippen molar-refractivity contribution in [2.24, 2.45) is 11.7 Å². The van der Waals surface area contributed by atoms with Crippen molar-refractivity contribution in [2.45, 2.75) is 12.8 Å². The monoisotopic (exact) mass is 258 g/mol. The summed E-state index contributed by atoms with van der Waals surface area (Å²) >= 11 is 0. The topological polar surface area (TPSA) is 56.4 Å². The lowest BCUT2D eigenvalue weighted by Gasteiger charge is -2.36. The van der Waals surface area contributed by atoms with Crippen LogP contribution in [0.2, 0.25) is 0 Å². The van der Waals surface area contributed by atoms with E-state index in [0.717, 1.165) is 24.6 Å². The number of nitrogens with one attached hydrogen (secondary N) is 1. The van der Waals surface area contributed by atoms with Crippen molar-refractivity contribution in [2.75, 3.05) is 37.6 Å². The molecule has 19 heavy (non-hydrogen) atoms. The van der Waals surface area contributed by atoms with Gasteiger partial charge in [-0.3, -0.25) is 10.3 Å². The zero-order chi connectivity index (χ0) is 13.2. The number of hydrogen-bond acceptors (Lipinski definition) is 3. The smallest absolute Gasteiger partial charge is 0.122 e. The number of nitrogens with two attached hydrogens (primary N) is 1. The number of rotatable bonds is 4. The van der Waals surface area contributed by atoms with Crippen LogP contribution < -0.4 is 10.6 Å². The summed E-state index contributed by atoms with van der Waals surface area (Å²) in [5, 5.41) is 7.41. The molecule has 0 aromatic heterocycles. The van der Waals surface area contributed by atoms with Gasteiger partial charge in [-0.05, 0) is 43.0 Å². The van der Waals surface area contributed by atoms with Gasteiger partial charge in [0.25, 0.3) is 0 Å². The number of hydrogen-bond donors (Lipinski definition) is 2. The summed E-state index contributed by atoms with van der Waals surface area (Å²) in [7, 11) is 0. The van der Waals surface area contributed by atoms with Crippen LogP contribution in [0.4, 0.5) is 5.69 Å². The number of piperazine rings is 1. The Morgan fingerprint density at radius 1 is 1.11 bits per heavy atom. The van der Waals surface area contributed by atoms with Gasteiger partial charge in [-0.25, -0.2) is 0 Å². The van der Waals surface area contributed by atoms with Gasteiger partial charge >= 0.3 is 0 Å². The minimum Gasteiger partial charge on any atom is -0.384 e. The summed E-state index contributed by atoms with van der Waals surface area (Å²) in [5.41, 5.74) is 7.52. The molecule has 0 radical (unpaired) electrons. The zero-order valence-electron chi connectivity index (χ0n) is 11.3. The van der Waals surface area contributed by atoms with E-state index in [1.165, 1.54) is 38.2 Å². The van der Waals surface area contributed by atoms with Crippen LogP contribution in [0.5, 0.6) is 0 Å². The lowest BCUT2D eigenvalue weighted by atomic mass is 10.1. The van der Waals surface area contributed by atoms with Crippen LogP contribution in [0, 0.1) is 11.3 Å². The van der Waals surface area contributed by atoms with Crippen molar-refractivity contribution in [1.82, 2.24) is 4.90 Å². The quantitative estimate of drug-likeness (QED) is 0.635. The fourth-order valence-electron chi connectivity index (χ4n) is 2.71. The van der Waals surface area contributed by atoms with E-state index in [1.54, 1.807) is 0 Å². The van der Waals surface area contributed by atoms with Gasteiger partial charge in [0.1, 0.15) is 5.84 Å². The number of nitrogen functional groups attached to an aromatic ring is 1. The van der Waals surface area contributed by atoms with E-state index in [-0.39, 0.29) is 5.84 Å². The first kappa shape index (κ1) is 12.5. The standard InChI is InChI=1S/C15H22N4/c16-15(17)13-3-5-14(6-4-13)19-9-7-18(8-10-19)11-12-1-2-12/h3-6,12H,1-2,7-11H2,(H3,16,17). The lowest BCUT2D eigenvalue weighted by Crippen LogP contribution is -2.47. The molecule has 0 unspecified atom stereocenters. The predicted molar refractivity (Wildman–Crippen MR) is 78.8 cm³/mol. The zero-order valence-corrected chi connectivity index (χ0v) is 11.3. The molecule has 0 spiro atoms. The normalized spacial score (nSPS) is 20.5. The Hall–Kier alpha value is -1.55. The van der Waals surface area contributed by atoms with Crippen LogP contribution in [0.25, 0.3) is 0 Å². The fourth-order valence-corrected chi connectivity index (χ4v) is 2.71. The largest absolute Gasteiger partial charge is 0.384 e. The molecule has 4 nitrogen and oxygen atoms in total. The Kier molecular flexibility index (Phi) is 3.42. The van der Waals surface area contributed by atoms with Crippen LogP contribution >= 0.6 is 0 Å². The van der Waals surface area contributed by atoms with Crippen molar-refractivity contribution in [1.29, 1.82) is 5.41 Å². The van der Waals surface area contributed by atoms with E-state index in [2.05, 4.69) is 21.9 Å². The minimum atomic E-state index is 0.140. The number of amidine groups is 1. The van der Waals surface area contributed by atoms with Crippen LogP contribution in [0.15, 0.2) is 24.3 Å². The number of benzene rings is 1. The molecule has 3 rings (SSSR count). The summed E-state index contributed by atoms with van der Waals surface area (Å²) in [6, 6.07) is 8.03. The molecule has 0 bridgehead atoms. The highest BCUT2D eigenvalue weighted by Gasteiger charge is 2.26. The van der Waals surface area contributed by atoms with Gasteiger partial charge in [-0.2, -0.15) is 0 Å². The molecule has 2 aliphatic rings. The second-order valence-corrected chi connectivity index (χ2v) is 5.69. The first-order valence-corrected chi connectivity index (χ1v) is 7.14. The summed E-state index contributed by atoms with van der Waals surface area (Å²) in [5.74, 6) is 1.13. The third-order valence-corrected chi connectivity index (χ3v) is 4.13. The molecule has 2 fully saturated rings. The maximum atomic E-state index is 7.41. The Labute approximate surface area is 114 Å². The summed E-state index contributed by atoms with van der Waals surface area (Å²) in [4.78, 5) is 5.02. The summed E-state index contributed by atoms with van der Waals surface area (Å²) < 4.78 is 0. The molecule has 102 valence electrons. The molecule has 1 aromatic carbocycles. The second kappa shape index (κ2) is 5.21. The third kappa shape index (κ3) is 3.07. The molecule has 3 N–H and O–H groups in total. The first-order chi connectivity index (χ1) is 9.22. The van der Waals surface area contributed by atoms with E-state index < -0.39 is 0 Å². The Morgan fingerprint density at radius 3 is 2.26 bits per heavy atom. The Balaban J connectivity index is 1.56. The molecule has 0 amide bonds. The molecule has 4 heteroatoms. The van der Waals surface area contributed by atoms with Gasteiger partial charge in [0.2, 0.25) is 0 Å². The maximum Gasteiger partial charge on any atom is 0.122 e. The highest BCUT2D eigenvalue weighted by molar-refractivity contribution is 5.95. The maximum absolute atomic E-state index is 7.41. The molecule has 1 aromatic rings. The molecule has 0 atom stereocenters. The number of nitrogens with zero attached hydrogens (tertiary/aromatic N) is 2. The van der Waals surface area contributed by atoms with Crippen LogP contribution in [-0.4, -0.2) is 43.5 Å². The van der Waals surface area contributed by atoms with Gasteiger partial charge < -0.3 is 10.6 Å². The molecule has 1 aliphatic heterocycles. The van der Waals surface area contributed by atoms with Gasteiger partial charge in [0.15, 0.2) is 0 Å². The van der Waals surface area contributed by atoms with E-state index in [4.69, 9.17) is 11.1 Å². The van der Waals surface area contributed by atoms with E-state index in [1.807, 2.05) is 12.1 Å². The van der Waals surface area contributed by atoms with Crippen molar-refractivity contribution in [3.8, 4) is 0 Å². The lowest BCUT2D eigenvalue weighted by molar-refractivity contribution is 0.248. The molecule has 1 saturated heterocycles. The molecular formula is C15H22N4. The van der Waals surface area contributed by atoms with Crippen LogP contribution in [-0.2, 0) is 0 Å². The minimum absolute atomic E-state index is 0.140. The highest BCUT2D eigenvalue weighted by atomic mass is 15.3. The molecule has 1 saturated carbocycles. The van der Waals surface area contributed by atoms with E-state index in [0.29, 0.717) is 0 Å². The van der Waals surface area contributed by atoms with Crippen molar-refractivity contribution >= 4 is 11.5 Å². The van der Waals surface area contributed by atoms with Crippen LogP contribution in [0.3, 0.4) is 0 Å². The molecule has 1 aliphatic carbocycles. The Morgan fingerprint density at radius 2 is 1.74 bits per heavy atom. The van der Waals surface area contributed by atoms with Crippen molar-refractivity contribution in [3.05, 3.63) is 29.8 Å². The van der Waals surface area contributed by atoms with Crippen LogP contribution in [0.1, 0.15) is 18.4 Å². The third-order valence-electron chi connectivity index (χ3n) is 4.13. The van der Waals surface area contributed by atoms with Gasteiger partial charge in [-0.1, -0.05) is 0 Å². The predicted octanol–water partition coefficient (Wildman–Crippen LogP) is 1.50. The van der Waals surface area contributed by atoms with Gasteiger partial charge in [0.05, 0.1) is 0 Å². The van der Waals surface area contributed by atoms with E-state index in [9.17, 15) is 0 Å². The average Bonchev–Trinajstić information content (AvgIpc) is 3.24. The average molecular weight is 258 g/mol. The highest BCUT2D eigenvalue weighted by Crippen LogP contribution is 2.30. The van der Waals surface area contributed by atoms with Crippen molar-refractivity contribution < 1.29 is 0 Å². The van der Waals surface area contributed by atoms with Gasteiger partial charge in [0, 0.05) is 44.0 Å². The first-order valence-electron chi connectivity index (χ1n) is 7.14. The SMILES string of the molecule is N=C(N)c1ccc(N2CCN(CC3CC3)CC2)cc1. The number of anilines is 1. The second-order valence-electron chi connectivity index (χ2n) is 5.69. The summed E-state index contributed by atoms with van der Waals surface area (Å²) in [6.07, 6.45) is 2.87. The molecule has 1 heterocycles. The molecular weight excluding hydrogens is 236 g/mol. The Bertz CT molecular complexity index is 442. The fraction of sp³-hybridized carbons (Fsp3) is 0.533. The summed E-state index contributed by atoms with van der Waals surface area (Å²) in [6.45, 7) is 5.85.